The first kappa shape index (κ1) is 20.8. The number of hydrogen-bond acceptors (Lipinski definition) is 3. The molecule has 0 saturated carbocycles. The molecule has 0 bridgehead atoms. The third-order valence-electron chi connectivity index (χ3n) is 3.32. The van der Waals surface area contributed by atoms with E-state index in [1.807, 2.05) is 0 Å². The summed E-state index contributed by atoms with van der Waals surface area (Å²) in [5, 5.41) is 4.26. The molecule has 9 heteroatoms. The SMILES string of the molecule is O=C(CCSc1ccccc1F)Nc1ccccc1C(=O)NCC(F)(F)F. The summed E-state index contributed by atoms with van der Waals surface area (Å²) in [6.45, 7) is -1.46. The molecule has 0 aromatic heterocycles. The molecule has 2 amide bonds. The van der Waals surface area contributed by atoms with Crippen molar-refractivity contribution in [3.05, 3.63) is 59.9 Å². The zero-order chi connectivity index (χ0) is 19.9. The maximum Gasteiger partial charge on any atom is 0.405 e. The number of thioether (sulfide) groups is 1. The van der Waals surface area contributed by atoms with Gasteiger partial charge in [0.25, 0.3) is 5.91 Å². The number of amides is 2. The van der Waals surface area contributed by atoms with Crippen molar-refractivity contribution in [3.8, 4) is 0 Å². The van der Waals surface area contributed by atoms with Crippen LogP contribution >= 0.6 is 11.8 Å². The molecule has 144 valence electrons. The number of carbonyl (C=O) groups excluding carboxylic acids is 2. The van der Waals surface area contributed by atoms with Crippen LogP contribution in [0.25, 0.3) is 0 Å². The highest BCUT2D eigenvalue weighted by Gasteiger charge is 2.28. The van der Waals surface area contributed by atoms with E-state index in [9.17, 15) is 27.2 Å². The lowest BCUT2D eigenvalue weighted by atomic mass is 10.1. The first-order valence-electron chi connectivity index (χ1n) is 7.87. The molecular weight excluding hydrogens is 384 g/mol. The minimum absolute atomic E-state index is 0.0392. The number of para-hydroxylation sites is 1. The molecule has 0 aliphatic carbocycles. The second-order valence-electron chi connectivity index (χ2n) is 5.42. The molecule has 2 rings (SSSR count). The number of anilines is 1. The zero-order valence-electron chi connectivity index (χ0n) is 14.0. The Hall–Kier alpha value is -2.55. The smallest absolute Gasteiger partial charge is 0.343 e. The van der Waals surface area contributed by atoms with Gasteiger partial charge in [-0.15, -0.1) is 11.8 Å². The van der Waals surface area contributed by atoms with Gasteiger partial charge in [0.05, 0.1) is 11.3 Å². The minimum atomic E-state index is -4.53. The lowest BCUT2D eigenvalue weighted by Gasteiger charge is -2.12. The van der Waals surface area contributed by atoms with Crippen molar-refractivity contribution in [2.75, 3.05) is 17.6 Å². The lowest BCUT2D eigenvalue weighted by molar-refractivity contribution is -0.123. The van der Waals surface area contributed by atoms with E-state index in [2.05, 4.69) is 5.32 Å². The van der Waals surface area contributed by atoms with E-state index in [-0.39, 0.29) is 23.5 Å². The molecule has 27 heavy (non-hydrogen) atoms. The van der Waals surface area contributed by atoms with Gasteiger partial charge in [0.1, 0.15) is 12.4 Å². The van der Waals surface area contributed by atoms with E-state index in [0.717, 1.165) is 0 Å². The van der Waals surface area contributed by atoms with Crippen LogP contribution in [0.2, 0.25) is 0 Å². The van der Waals surface area contributed by atoms with Gasteiger partial charge >= 0.3 is 6.18 Å². The van der Waals surface area contributed by atoms with E-state index in [4.69, 9.17) is 0 Å². The van der Waals surface area contributed by atoms with Gasteiger partial charge in [-0.2, -0.15) is 13.2 Å². The topological polar surface area (TPSA) is 58.2 Å². The van der Waals surface area contributed by atoms with Crippen LogP contribution in [-0.2, 0) is 4.79 Å². The zero-order valence-corrected chi connectivity index (χ0v) is 14.8. The molecule has 0 unspecified atom stereocenters. The van der Waals surface area contributed by atoms with Crippen LogP contribution in [-0.4, -0.2) is 30.3 Å². The summed E-state index contributed by atoms with van der Waals surface area (Å²) in [5.41, 5.74) is 0.0370. The standard InChI is InChI=1S/C18H16F4N2O2S/c19-13-6-2-4-8-15(13)27-10-9-16(25)24-14-7-3-1-5-12(14)17(26)23-11-18(20,21)22/h1-8H,9-11H2,(H,23,26)(H,24,25). The number of alkyl halides is 3. The average Bonchev–Trinajstić information content (AvgIpc) is 2.61. The Labute approximate surface area is 157 Å². The van der Waals surface area contributed by atoms with Gasteiger partial charge in [-0.25, -0.2) is 4.39 Å². The summed E-state index contributed by atoms with van der Waals surface area (Å²) >= 11 is 1.17. The molecule has 0 aliphatic rings. The molecule has 0 atom stereocenters. The average molecular weight is 400 g/mol. The number of hydrogen-bond donors (Lipinski definition) is 2. The third-order valence-corrected chi connectivity index (χ3v) is 4.37. The fourth-order valence-corrected chi connectivity index (χ4v) is 2.98. The number of benzene rings is 2. The summed E-state index contributed by atoms with van der Waals surface area (Å²) in [5.74, 6) is -1.46. The highest BCUT2D eigenvalue weighted by Crippen LogP contribution is 2.22. The molecule has 0 heterocycles. The van der Waals surface area contributed by atoms with Gasteiger partial charge in [-0.05, 0) is 24.3 Å². The molecule has 0 saturated heterocycles. The van der Waals surface area contributed by atoms with Crippen LogP contribution in [0.4, 0.5) is 23.2 Å². The van der Waals surface area contributed by atoms with E-state index in [1.54, 1.807) is 29.6 Å². The summed E-state index contributed by atoms with van der Waals surface area (Å²) in [6.07, 6.45) is -4.49. The number of rotatable bonds is 7. The van der Waals surface area contributed by atoms with Crippen LogP contribution in [0, 0.1) is 5.82 Å². The van der Waals surface area contributed by atoms with Crippen LogP contribution in [0.15, 0.2) is 53.4 Å². The molecular formula is C18H16F4N2O2S. The summed E-state index contributed by atoms with van der Waals surface area (Å²) in [4.78, 5) is 24.4. The van der Waals surface area contributed by atoms with Crippen molar-refractivity contribution < 1.29 is 27.2 Å². The maximum atomic E-state index is 13.5. The predicted molar refractivity (Wildman–Crippen MR) is 95.2 cm³/mol. The Kier molecular flexibility index (Phi) is 7.23. The fraction of sp³-hybridized carbons (Fsp3) is 0.222. The van der Waals surface area contributed by atoms with E-state index in [0.29, 0.717) is 10.6 Å². The first-order chi connectivity index (χ1) is 12.8. The molecule has 2 aromatic carbocycles. The van der Waals surface area contributed by atoms with Gasteiger partial charge in [0, 0.05) is 17.1 Å². The minimum Gasteiger partial charge on any atom is -0.343 e. The number of halogens is 4. The molecule has 4 nitrogen and oxygen atoms in total. The number of carbonyl (C=O) groups is 2. The van der Waals surface area contributed by atoms with Crippen LogP contribution in [0.1, 0.15) is 16.8 Å². The quantitative estimate of drug-likeness (QED) is 0.540. The third kappa shape index (κ3) is 6.93. The van der Waals surface area contributed by atoms with E-state index in [1.165, 1.54) is 36.0 Å². The summed E-state index contributed by atoms with van der Waals surface area (Å²) in [7, 11) is 0. The lowest BCUT2D eigenvalue weighted by Crippen LogP contribution is -2.34. The van der Waals surface area contributed by atoms with Gasteiger partial charge in [-0.3, -0.25) is 9.59 Å². The molecule has 2 N–H and O–H groups in total. The van der Waals surface area contributed by atoms with Crippen molar-refractivity contribution in [1.29, 1.82) is 0 Å². The van der Waals surface area contributed by atoms with E-state index < -0.39 is 24.5 Å². The Morgan fingerprint density at radius 2 is 1.67 bits per heavy atom. The monoisotopic (exact) mass is 400 g/mol. The summed E-state index contributed by atoms with van der Waals surface area (Å²) < 4.78 is 50.2. The Morgan fingerprint density at radius 1 is 1.00 bits per heavy atom. The Bertz CT molecular complexity index is 812. The maximum absolute atomic E-state index is 13.5. The largest absolute Gasteiger partial charge is 0.405 e. The van der Waals surface area contributed by atoms with Crippen LogP contribution in [0.5, 0.6) is 0 Å². The second-order valence-corrected chi connectivity index (χ2v) is 6.56. The van der Waals surface area contributed by atoms with Crippen LogP contribution in [0.3, 0.4) is 0 Å². The van der Waals surface area contributed by atoms with Crippen molar-refractivity contribution >= 4 is 29.3 Å². The van der Waals surface area contributed by atoms with Crippen molar-refractivity contribution in [2.45, 2.75) is 17.5 Å². The van der Waals surface area contributed by atoms with Crippen molar-refractivity contribution in [2.24, 2.45) is 0 Å². The predicted octanol–water partition coefficient (Wildman–Crippen LogP) is 4.24. The van der Waals surface area contributed by atoms with Gasteiger partial charge in [-0.1, -0.05) is 24.3 Å². The first-order valence-corrected chi connectivity index (χ1v) is 8.86. The van der Waals surface area contributed by atoms with E-state index >= 15 is 0 Å². The normalized spacial score (nSPS) is 11.1. The highest BCUT2D eigenvalue weighted by molar-refractivity contribution is 7.99. The number of nitrogens with one attached hydrogen (secondary N) is 2. The fourth-order valence-electron chi connectivity index (χ4n) is 2.09. The van der Waals surface area contributed by atoms with Gasteiger partial charge in [0.15, 0.2) is 0 Å². The second kappa shape index (κ2) is 9.40. The Morgan fingerprint density at radius 3 is 2.37 bits per heavy atom. The molecule has 2 aromatic rings. The Balaban J connectivity index is 1.92. The van der Waals surface area contributed by atoms with Crippen molar-refractivity contribution in [3.63, 3.8) is 0 Å². The molecule has 0 spiro atoms. The van der Waals surface area contributed by atoms with Crippen molar-refractivity contribution in [1.82, 2.24) is 5.32 Å². The molecule has 0 aliphatic heterocycles. The molecule has 0 radical (unpaired) electrons. The van der Waals surface area contributed by atoms with Gasteiger partial charge < -0.3 is 10.6 Å². The molecule has 0 fully saturated rings. The highest BCUT2D eigenvalue weighted by atomic mass is 32.2. The van der Waals surface area contributed by atoms with Crippen LogP contribution < -0.4 is 10.6 Å². The summed E-state index contributed by atoms with van der Waals surface area (Å²) in [6, 6.07) is 11.9. The van der Waals surface area contributed by atoms with Gasteiger partial charge in [0.2, 0.25) is 5.91 Å².